The van der Waals surface area contributed by atoms with Gasteiger partial charge in [-0.05, 0) is 45.2 Å². The van der Waals surface area contributed by atoms with Gasteiger partial charge in [0.25, 0.3) is 0 Å². The molecule has 23 heavy (non-hydrogen) atoms. The highest BCUT2D eigenvalue weighted by Gasteiger charge is 2.19. The highest BCUT2D eigenvalue weighted by molar-refractivity contribution is 7.89. The van der Waals surface area contributed by atoms with E-state index in [1.807, 2.05) is 39.8 Å². The molecule has 1 N–H and O–H groups in total. The second-order valence-corrected chi connectivity index (χ2v) is 7.92. The largest absolute Gasteiger partial charge is 0.271 e. The van der Waals surface area contributed by atoms with Crippen LogP contribution in [0.2, 0.25) is 5.02 Å². The Kier molecular flexibility index (Phi) is 5.49. The average Bonchev–Trinajstić information content (AvgIpc) is 2.72. The van der Waals surface area contributed by atoms with E-state index in [9.17, 15) is 8.42 Å². The average molecular weight is 356 g/mol. The summed E-state index contributed by atoms with van der Waals surface area (Å²) in [7, 11) is -3.50. The molecule has 1 aromatic heterocycles. The smallest absolute Gasteiger partial charge is 0.241 e. The van der Waals surface area contributed by atoms with Gasteiger partial charge in [-0.2, -0.15) is 5.10 Å². The molecule has 0 spiro atoms. The normalized spacial score (nSPS) is 11.9. The molecule has 0 aliphatic carbocycles. The van der Waals surface area contributed by atoms with Crippen molar-refractivity contribution in [3.8, 4) is 0 Å². The molecule has 2 rings (SSSR count). The van der Waals surface area contributed by atoms with Gasteiger partial charge in [0.1, 0.15) is 0 Å². The minimum atomic E-state index is -3.50. The first kappa shape index (κ1) is 18.0. The Bertz CT molecular complexity index is 770. The first-order chi connectivity index (χ1) is 10.7. The number of aryl methyl sites for hydroxylation is 5. The van der Waals surface area contributed by atoms with Crippen molar-refractivity contribution < 1.29 is 8.42 Å². The maximum Gasteiger partial charge on any atom is 0.241 e. The fourth-order valence-electron chi connectivity index (χ4n) is 2.72. The number of nitrogens with zero attached hydrogens (tertiary/aromatic N) is 2. The third-order valence-electron chi connectivity index (χ3n) is 3.62. The zero-order valence-corrected chi connectivity index (χ0v) is 15.4. The molecule has 0 saturated heterocycles. The Labute approximate surface area is 142 Å². The topological polar surface area (TPSA) is 64.0 Å². The molecule has 5 nitrogen and oxygen atoms in total. The molecule has 7 heteroatoms. The summed E-state index contributed by atoms with van der Waals surface area (Å²) in [5.74, 6) is 0. The molecular weight excluding hydrogens is 334 g/mol. The van der Waals surface area contributed by atoms with E-state index in [4.69, 9.17) is 11.6 Å². The zero-order valence-electron chi connectivity index (χ0n) is 13.9. The molecule has 0 aliphatic heterocycles. The van der Waals surface area contributed by atoms with Gasteiger partial charge < -0.3 is 0 Å². The van der Waals surface area contributed by atoms with Crippen molar-refractivity contribution in [2.24, 2.45) is 0 Å². The molecule has 0 saturated carbocycles. The molecule has 1 heterocycles. The van der Waals surface area contributed by atoms with E-state index >= 15 is 0 Å². The number of aromatic nitrogens is 2. The Balaban J connectivity index is 1.99. The highest BCUT2D eigenvalue weighted by Crippen LogP contribution is 2.21. The predicted molar refractivity (Wildman–Crippen MR) is 92.4 cm³/mol. The molecule has 0 unspecified atom stereocenters. The molecule has 0 fully saturated rings. The van der Waals surface area contributed by atoms with Gasteiger partial charge in [-0.1, -0.05) is 29.3 Å². The number of hydrogen-bond donors (Lipinski definition) is 1. The van der Waals surface area contributed by atoms with Crippen LogP contribution in [0.25, 0.3) is 0 Å². The molecule has 0 radical (unpaired) electrons. The Hall–Kier alpha value is -1.37. The lowest BCUT2D eigenvalue weighted by molar-refractivity contribution is 0.550. The summed E-state index contributed by atoms with van der Waals surface area (Å²) >= 11 is 5.95. The highest BCUT2D eigenvalue weighted by atomic mass is 35.5. The van der Waals surface area contributed by atoms with Crippen molar-refractivity contribution >= 4 is 21.6 Å². The Morgan fingerprint density at radius 2 is 1.78 bits per heavy atom. The van der Waals surface area contributed by atoms with E-state index in [-0.39, 0.29) is 0 Å². The molecule has 0 atom stereocenters. The lowest BCUT2D eigenvalue weighted by Gasteiger charge is -2.13. The van der Waals surface area contributed by atoms with Crippen LogP contribution in [0, 0.1) is 27.7 Å². The summed E-state index contributed by atoms with van der Waals surface area (Å²) in [5.41, 5.74) is 3.37. The molecule has 0 aliphatic rings. The summed E-state index contributed by atoms with van der Waals surface area (Å²) in [6, 6.07) is 3.77. The van der Waals surface area contributed by atoms with Crippen LogP contribution in [0.1, 0.15) is 28.8 Å². The lowest BCUT2D eigenvalue weighted by Crippen LogP contribution is -2.27. The number of benzene rings is 1. The predicted octanol–water partition coefficient (Wildman–Crippen LogP) is 3.14. The first-order valence-electron chi connectivity index (χ1n) is 7.48. The fourth-order valence-corrected chi connectivity index (χ4v) is 4.39. The van der Waals surface area contributed by atoms with E-state index in [1.54, 1.807) is 10.9 Å². The summed E-state index contributed by atoms with van der Waals surface area (Å²) < 4.78 is 29.4. The van der Waals surface area contributed by atoms with E-state index in [0.29, 0.717) is 29.4 Å². The van der Waals surface area contributed by atoms with Crippen LogP contribution in [0.15, 0.2) is 23.2 Å². The molecule has 0 bridgehead atoms. The first-order valence-corrected chi connectivity index (χ1v) is 9.34. The maximum absolute atomic E-state index is 12.5. The molecule has 0 amide bonds. The second kappa shape index (κ2) is 7.03. The molecular formula is C16H22ClN3O2S. The van der Waals surface area contributed by atoms with Crippen molar-refractivity contribution in [1.82, 2.24) is 14.5 Å². The van der Waals surface area contributed by atoms with Crippen LogP contribution in [0.5, 0.6) is 0 Å². The van der Waals surface area contributed by atoms with Gasteiger partial charge >= 0.3 is 0 Å². The van der Waals surface area contributed by atoms with Crippen LogP contribution >= 0.6 is 11.6 Å². The summed E-state index contributed by atoms with van der Waals surface area (Å²) in [5, 5.41) is 4.87. The summed E-state index contributed by atoms with van der Waals surface area (Å²) in [6.07, 6.45) is 2.39. The number of nitrogens with one attached hydrogen (secondary N) is 1. The van der Waals surface area contributed by atoms with Gasteiger partial charge in [-0.15, -0.1) is 0 Å². The van der Waals surface area contributed by atoms with Crippen molar-refractivity contribution in [2.45, 2.75) is 45.6 Å². The van der Waals surface area contributed by atoms with Crippen molar-refractivity contribution in [1.29, 1.82) is 0 Å². The summed E-state index contributed by atoms with van der Waals surface area (Å²) in [4.78, 5) is 0.376. The second-order valence-electron chi connectivity index (χ2n) is 5.80. The van der Waals surface area contributed by atoms with Gasteiger partial charge in [0.2, 0.25) is 10.0 Å². The van der Waals surface area contributed by atoms with E-state index in [0.717, 1.165) is 22.4 Å². The fraction of sp³-hybridized carbons (Fsp3) is 0.438. The van der Waals surface area contributed by atoms with E-state index < -0.39 is 10.0 Å². The van der Waals surface area contributed by atoms with Gasteiger partial charge in [0.05, 0.1) is 15.6 Å². The Morgan fingerprint density at radius 3 is 2.30 bits per heavy atom. The molecule has 1 aromatic carbocycles. The summed E-state index contributed by atoms with van der Waals surface area (Å²) in [6.45, 7) is 8.41. The molecule has 126 valence electrons. The third kappa shape index (κ3) is 4.34. The van der Waals surface area contributed by atoms with E-state index in [1.165, 1.54) is 0 Å². The van der Waals surface area contributed by atoms with Crippen LogP contribution < -0.4 is 4.72 Å². The standard InChI is InChI=1S/C16H22ClN3O2S/c1-11-8-12(2)16(13(3)9-11)23(21,22)18-6-5-7-20-10-15(17)14(4)19-20/h8-10,18H,5-7H2,1-4H3. The quantitative estimate of drug-likeness (QED) is 0.809. The number of sulfonamides is 1. The van der Waals surface area contributed by atoms with Gasteiger partial charge in [-0.25, -0.2) is 13.1 Å². The number of hydrogen-bond acceptors (Lipinski definition) is 3. The third-order valence-corrected chi connectivity index (χ3v) is 5.75. The lowest BCUT2D eigenvalue weighted by atomic mass is 10.1. The van der Waals surface area contributed by atoms with Crippen molar-refractivity contribution in [2.75, 3.05) is 6.54 Å². The minimum Gasteiger partial charge on any atom is -0.271 e. The van der Waals surface area contributed by atoms with Crippen LogP contribution in [0.4, 0.5) is 0 Å². The Morgan fingerprint density at radius 1 is 1.17 bits per heavy atom. The van der Waals surface area contributed by atoms with Crippen molar-refractivity contribution in [3.63, 3.8) is 0 Å². The zero-order chi connectivity index (χ0) is 17.2. The minimum absolute atomic E-state index is 0.353. The van der Waals surface area contributed by atoms with Crippen molar-refractivity contribution in [3.05, 3.63) is 45.7 Å². The monoisotopic (exact) mass is 355 g/mol. The maximum atomic E-state index is 12.5. The van der Waals surface area contributed by atoms with Crippen LogP contribution in [-0.2, 0) is 16.6 Å². The number of rotatable bonds is 6. The number of halogens is 1. The molecule has 2 aromatic rings. The SMILES string of the molecule is Cc1cc(C)c(S(=O)(=O)NCCCn2cc(Cl)c(C)n2)c(C)c1. The van der Waals surface area contributed by atoms with Gasteiger partial charge in [0.15, 0.2) is 0 Å². The van der Waals surface area contributed by atoms with Gasteiger partial charge in [-0.3, -0.25) is 4.68 Å². The van der Waals surface area contributed by atoms with E-state index in [2.05, 4.69) is 9.82 Å². The van der Waals surface area contributed by atoms with Crippen LogP contribution in [0.3, 0.4) is 0 Å². The van der Waals surface area contributed by atoms with Crippen LogP contribution in [-0.4, -0.2) is 24.7 Å². The van der Waals surface area contributed by atoms with Gasteiger partial charge in [0, 0.05) is 19.3 Å².